The van der Waals surface area contributed by atoms with Gasteiger partial charge in [0.05, 0.1) is 20.3 Å². The van der Waals surface area contributed by atoms with Gasteiger partial charge in [0.1, 0.15) is 0 Å². The van der Waals surface area contributed by atoms with Gasteiger partial charge in [-0.15, -0.1) is 0 Å². The molecule has 0 bridgehead atoms. The molecule has 0 amide bonds. The molecule has 7 nitrogen and oxygen atoms in total. The van der Waals surface area contributed by atoms with Gasteiger partial charge in [-0.3, -0.25) is 0 Å². The fraction of sp³-hybridized carbons (Fsp3) is 0.455. The Morgan fingerprint density at radius 3 is 2.45 bits per heavy atom. The van der Waals surface area contributed by atoms with E-state index in [2.05, 4.69) is 13.8 Å². The summed E-state index contributed by atoms with van der Waals surface area (Å²) in [5, 5.41) is 10.0. The van der Waals surface area contributed by atoms with Crippen LogP contribution >= 0.6 is 0 Å². The summed E-state index contributed by atoms with van der Waals surface area (Å²) in [5.41, 5.74) is 2.54. The highest BCUT2D eigenvalue weighted by Crippen LogP contribution is 2.54. The quantitative estimate of drug-likeness (QED) is 0.806. The lowest BCUT2D eigenvalue weighted by atomic mass is 9.85. The number of hydrogen-bond acceptors (Lipinski definition) is 7. The van der Waals surface area contributed by atoms with Crippen LogP contribution in [0.5, 0.6) is 28.7 Å². The predicted octanol–water partition coefficient (Wildman–Crippen LogP) is 4.12. The molecule has 0 saturated carbocycles. The molecule has 2 aliphatic heterocycles. The van der Waals surface area contributed by atoms with Crippen LogP contribution in [0, 0.1) is 11.8 Å². The number of fused-ring (bicyclic) bond motifs is 1. The summed E-state index contributed by atoms with van der Waals surface area (Å²) in [5.74, 6) is 2.59. The van der Waals surface area contributed by atoms with Gasteiger partial charge in [-0.2, -0.15) is 0 Å². The second kappa shape index (κ2) is 7.65. The van der Waals surface area contributed by atoms with Crippen molar-refractivity contribution in [3.05, 3.63) is 29.8 Å². The molecular weight excluding hydrogens is 376 g/mol. The zero-order chi connectivity index (χ0) is 20.7. The molecule has 2 heterocycles. The molecule has 0 aromatic heterocycles. The molecule has 156 valence electrons. The summed E-state index contributed by atoms with van der Waals surface area (Å²) < 4.78 is 34.2. The molecule has 4 atom stereocenters. The van der Waals surface area contributed by atoms with Crippen molar-refractivity contribution in [3.8, 4) is 39.9 Å². The minimum Gasteiger partial charge on any atom is -0.504 e. The highest BCUT2D eigenvalue weighted by atomic mass is 16.7. The van der Waals surface area contributed by atoms with Gasteiger partial charge >= 0.3 is 0 Å². The van der Waals surface area contributed by atoms with Crippen molar-refractivity contribution in [3.63, 3.8) is 0 Å². The first kappa shape index (κ1) is 19.7. The third-order valence-electron chi connectivity index (χ3n) is 5.88. The zero-order valence-corrected chi connectivity index (χ0v) is 17.2. The third-order valence-corrected chi connectivity index (χ3v) is 5.88. The molecule has 0 aliphatic carbocycles. The molecule has 0 radical (unpaired) electrons. The van der Waals surface area contributed by atoms with E-state index in [9.17, 15) is 5.11 Å². The number of rotatable bonds is 5. The number of phenolic OH excluding ortho intramolecular Hbond substituents is 1. The Bertz CT molecular complexity index is 911. The van der Waals surface area contributed by atoms with E-state index in [0.29, 0.717) is 23.0 Å². The van der Waals surface area contributed by atoms with Crippen molar-refractivity contribution < 1.29 is 33.5 Å². The molecule has 1 saturated heterocycles. The maximum Gasteiger partial charge on any atom is 0.231 e. The SMILES string of the molecule is COc1cc(-c2c([C@@H]3O[C@H](OC)[C@@H](C)[C@H]3C)cc3c(c2OC)OCO3)ccc1O. The maximum absolute atomic E-state index is 10.0. The highest BCUT2D eigenvalue weighted by molar-refractivity contribution is 5.81. The summed E-state index contributed by atoms with van der Waals surface area (Å²) in [6.45, 7) is 4.39. The number of benzene rings is 2. The molecule has 4 rings (SSSR count). The third kappa shape index (κ3) is 3.14. The summed E-state index contributed by atoms with van der Waals surface area (Å²) in [6.07, 6.45) is -0.526. The molecule has 2 aliphatic rings. The lowest BCUT2D eigenvalue weighted by Crippen LogP contribution is -2.17. The van der Waals surface area contributed by atoms with Crippen molar-refractivity contribution in [2.45, 2.75) is 26.2 Å². The van der Waals surface area contributed by atoms with E-state index in [0.717, 1.165) is 16.7 Å². The second-order valence-electron chi connectivity index (χ2n) is 7.37. The molecule has 7 heteroatoms. The molecule has 29 heavy (non-hydrogen) atoms. The fourth-order valence-electron chi connectivity index (χ4n) is 4.12. The van der Waals surface area contributed by atoms with Gasteiger partial charge in [0.25, 0.3) is 0 Å². The number of methoxy groups -OCH3 is 3. The van der Waals surface area contributed by atoms with Gasteiger partial charge in [-0.1, -0.05) is 19.9 Å². The summed E-state index contributed by atoms with van der Waals surface area (Å²) >= 11 is 0. The van der Waals surface area contributed by atoms with Crippen molar-refractivity contribution in [1.82, 2.24) is 0 Å². The van der Waals surface area contributed by atoms with E-state index in [-0.39, 0.29) is 36.8 Å². The van der Waals surface area contributed by atoms with E-state index in [1.54, 1.807) is 26.4 Å². The van der Waals surface area contributed by atoms with E-state index in [1.807, 2.05) is 12.1 Å². The van der Waals surface area contributed by atoms with Crippen LogP contribution in [-0.4, -0.2) is 39.5 Å². The molecule has 2 aromatic rings. The molecular formula is C22H26O7. The zero-order valence-electron chi connectivity index (χ0n) is 17.2. The molecule has 1 fully saturated rings. The summed E-state index contributed by atoms with van der Waals surface area (Å²) in [4.78, 5) is 0. The number of hydrogen-bond donors (Lipinski definition) is 1. The minimum absolute atomic E-state index is 0.0658. The van der Waals surface area contributed by atoms with Crippen molar-refractivity contribution in [1.29, 1.82) is 0 Å². The molecule has 2 aromatic carbocycles. The van der Waals surface area contributed by atoms with Crippen molar-refractivity contribution in [2.24, 2.45) is 11.8 Å². The Balaban J connectivity index is 1.94. The van der Waals surface area contributed by atoms with Crippen LogP contribution in [0.15, 0.2) is 24.3 Å². The van der Waals surface area contributed by atoms with Crippen LogP contribution in [-0.2, 0) is 9.47 Å². The van der Waals surface area contributed by atoms with Gasteiger partial charge in [-0.25, -0.2) is 0 Å². The Labute approximate surface area is 170 Å². The number of aromatic hydroxyl groups is 1. The van der Waals surface area contributed by atoms with E-state index >= 15 is 0 Å². The largest absolute Gasteiger partial charge is 0.504 e. The van der Waals surface area contributed by atoms with E-state index in [4.69, 9.17) is 28.4 Å². The van der Waals surface area contributed by atoms with E-state index in [1.165, 1.54) is 7.11 Å². The van der Waals surface area contributed by atoms with E-state index < -0.39 is 0 Å². The van der Waals surface area contributed by atoms with Crippen LogP contribution in [0.1, 0.15) is 25.5 Å². The Morgan fingerprint density at radius 1 is 1.00 bits per heavy atom. The lowest BCUT2D eigenvalue weighted by molar-refractivity contribution is -0.130. The Kier molecular flexibility index (Phi) is 5.19. The summed E-state index contributed by atoms with van der Waals surface area (Å²) in [6, 6.07) is 7.14. The first-order valence-corrected chi connectivity index (χ1v) is 9.56. The normalized spacial score (nSPS) is 25.3. The first-order valence-electron chi connectivity index (χ1n) is 9.56. The maximum atomic E-state index is 10.0. The average molecular weight is 402 g/mol. The average Bonchev–Trinajstić information content (AvgIpc) is 3.31. The Morgan fingerprint density at radius 2 is 1.79 bits per heavy atom. The second-order valence-corrected chi connectivity index (χ2v) is 7.37. The lowest BCUT2D eigenvalue weighted by Gasteiger charge is -2.23. The van der Waals surface area contributed by atoms with Crippen LogP contribution < -0.4 is 18.9 Å². The van der Waals surface area contributed by atoms with Gasteiger partial charge in [0, 0.05) is 18.6 Å². The predicted molar refractivity (Wildman–Crippen MR) is 106 cm³/mol. The van der Waals surface area contributed by atoms with Crippen LogP contribution in [0.3, 0.4) is 0 Å². The fourth-order valence-corrected chi connectivity index (χ4v) is 4.12. The van der Waals surface area contributed by atoms with Crippen LogP contribution in [0.2, 0.25) is 0 Å². The van der Waals surface area contributed by atoms with Gasteiger partial charge in [0.15, 0.2) is 29.3 Å². The summed E-state index contributed by atoms with van der Waals surface area (Å²) in [7, 11) is 4.77. The number of ether oxygens (including phenoxy) is 6. The Hall–Kier alpha value is -2.64. The smallest absolute Gasteiger partial charge is 0.231 e. The van der Waals surface area contributed by atoms with Crippen LogP contribution in [0.25, 0.3) is 11.1 Å². The van der Waals surface area contributed by atoms with Crippen LogP contribution in [0.4, 0.5) is 0 Å². The standard InChI is InChI=1S/C22H26O7/c1-11-12(2)22(26-5)29-19(11)14-9-17-20(28-10-27-17)21(25-4)18(14)13-6-7-15(23)16(8-13)24-3/h6-9,11-12,19,22-23H,10H2,1-5H3/t11-,12+,19-,22+/m1/s1. The topological polar surface area (TPSA) is 75.6 Å². The van der Waals surface area contributed by atoms with Gasteiger partial charge in [0.2, 0.25) is 12.5 Å². The minimum atomic E-state index is -0.298. The molecule has 0 unspecified atom stereocenters. The van der Waals surface area contributed by atoms with Gasteiger partial charge < -0.3 is 33.5 Å². The first-order chi connectivity index (χ1) is 14.0. The highest BCUT2D eigenvalue weighted by Gasteiger charge is 2.42. The molecule has 0 spiro atoms. The van der Waals surface area contributed by atoms with Crippen molar-refractivity contribution in [2.75, 3.05) is 28.1 Å². The molecule has 1 N–H and O–H groups in total. The van der Waals surface area contributed by atoms with Crippen molar-refractivity contribution >= 4 is 0 Å². The monoisotopic (exact) mass is 402 g/mol. The number of phenols is 1. The van der Waals surface area contributed by atoms with Gasteiger partial charge in [-0.05, 0) is 35.2 Å².